The lowest BCUT2D eigenvalue weighted by molar-refractivity contribution is -0.139. The number of likely N-dealkylation sites (N-methyl/N-ethyl adjacent to an activating group) is 1. The van der Waals surface area contributed by atoms with Crippen molar-refractivity contribution in [3.63, 3.8) is 0 Å². The number of nitrogens with one attached hydrogen (secondary N) is 2. The van der Waals surface area contributed by atoms with Crippen molar-refractivity contribution in [1.29, 1.82) is 0 Å². The van der Waals surface area contributed by atoms with Crippen molar-refractivity contribution < 1.29 is 19.1 Å². The number of hydrogen-bond donors (Lipinski definition) is 3. The number of hydrogen-bond acceptors (Lipinski definition) is 4. The smallest absolute Gasteiger partial charge is 0.317 e. The van der Waals surface area contributed by atoms with Gasteiger partial charge in [-0.05, 0) is 25.5 Å². The van der Waals surface area contributed by atoms with E-state index in [9.17, 15) is 9.59 Å². The van der Waals surface area contributed by atoms with Gasteiger partial charge in [-0.2, -0.15) is 0 Å². The van der Waals surface area contributed by atoms with E-state index in [2.05, 4.69) is 10.6 Å². The van der Waals surface area contributed by atoms with Gasteiger partial charge in [0.25, 0.3) is 0 Å². The van der Waals surface area contributed by atoms with Crippen molar-refractivity contribution in [2.45, 2.75) is 38.4 Å². The summed E-state index contributed by atoms with van der Waals surface area (Å²) in [5.74, 6) is -0.814. The van der Waals surface area contributed by atoms with E-state index in [1.165, 1.54) is 0 Å². The van der Waals surface area contributed by atoms with Crippen LogP contribution in [0.1, 0.15) is 25.3 Å². The number of urea groups is 1. The third-order valence-electron chi connectivity index (χ3n) is 3.74. The highest BCUT2D eigenvalue weighted by Gasteiger charge is 2.34. The largest absolute Gasteiger partial charge is 0.480 e. The molecule has 1 aliphatic carbocycles. The van der Waals surface area contributed by atoms with E-state index in [0.29, 0.717) is 13.1 Å². The molecular weight excluding hydrogens is 274 g/mol. The molecule has 0 radical (unpaired) electrons. The molecule has 1 aromatic rings. The summed E-state index contributed by atoms with van der Waals surface area (Å²) in [5.41, 5.74) is 0.912. The molecule has 0 spiro atoms. The molecule has 0 bridgehead atoms. The van der Waals surface area contributed by atoms with Gasteiger partial charge in [-0.15, -0.1) is 0 Å². The minimum Gasteiger partial charge on any atom is -0.480 e. The number of carbonyl (C=O) groups is 2. The van der Waals surface area contributed by atoms with Crippen molar-refractivity contribution in [2.75, 3.05) is 13.1 Å². The first-order valence-corrected chi connectivity index (χ1v) is 7.09. The first-order valence-electron chi connectivity index (χ1n) is 7.09. The Balaban J connectivity index is 1.65. The van der Waals surface area contributed by atoms with Crippen LogP contribution < -0.4 is 10.6 Å². The summed E-state index contributed by atoms with van der Waals surface area (Å²) in [6, 6.07) is 1.94. The average Bonchev–Trinajstić information content (AvgIpc) is 2.90. The summed E-state index contributed by atoms with van der Waals surface area (Å²) >= 11 is 0. The molecule has 116 valence electrons. The monoisotopic (exact) mass is 295 g/mol. The van der Waals surface area contributed by atoms with Crippen LogP contribution in [0.15, 0.2) is 23.0 Å². The van der Waals surface area contributed by atoms with Crippen LogP contribution in [0, 0.1) is 0 Å². The highest BCUT2D eigenvalue weighted by atomic mass is 16.4. The summed E-state index contributed by atoms with van der Waals surface area (Å²) in [7, 11) is 0. The van der Waals surface area contributed by atoms with E-state index in [1.54, 1.807) is 18.6 Å². The van der Waals surface area contributed by atoms with Crippen LogP contribution in [-0.2, 0) is 11.3 Å². The quantitative estimate of drug-likeness (QED) is 0.698. The predicted octanol–water partition coefficient (Wildman–Crippen LogP) is 1.02. The van der Waals surface area contributed by atoms with Gasteiger partial charge in [0.15, 0.2) is 0 Å². The van der Waals surface area contributed by atoms with Crippen LogP contribution in [0.2, 0.25) is 0 Å². The van der Waals surface area contributed by atoms with E-state index in [-0.39, 0.29) is 24.7 Å². The molecule has 1 saturated carbocycles. The number of carboxylic acid groups (broad SMARTS) is 1. The molecule has 7 heteroatoms. The van der Waals surface area contributed by atoms with Crippen molar-refractivity contribution >= 4 is 12.0 Å². The SMILES string of the molecule is CCN(CC(=O)O)C1CC(NC(=O)NCc2ccoc2)C1. The summed E-state index contributed by atoms with van der Waals surface area (Å²) < 4.78 is 4.92. The van der Waals surface area contributed by atoms with Gasteiger partial charge in [-0.1, -0.05) is 6.92 Å². The Bertz CT molecular complexity index is 469. The number of amides is 2. The van der Waals surface area contributed by atoms with Gasteiger partial charge < -0.3 is 20.2 Å². The Hall–Kier alpha value is -2.02. The second-order valence-corrected chi connectivity index (χ2v) is 5.24. The number of carboxylic acids is 1. The Labute approximate surface area is 123 Å². The molecular formula is C14H21N3O4. The maximum absolute atomic E-state index is 11.7. The van der Waals surface area contributed by atoms with Crippen LogP contribution in [0.3, 0.4) is 0 Å². The second kappa shape index (κ2) is 7.12. The maximum atomic E-state index is 11.7. The van der Waals surface area contributed by atoms with Crippen LogP contribution in [0.5, 0.6) is 0 Å². The zero-order chi connectivity index (χ0) is 15.2. The Morgan fingerprint density at radius 2 is 2.24 bits per heavy atom. The zero-order valence-electron chi connectivity index (χ0n) is 12.0. The minimum absolute atomic E-state index is 0.0561. The fourth-order valence-corrected chi connectivity index (χ4v) is 2.49. The standard InChI is InChI=1S/C14H21N3O4/c1-2-17(8-13(18)19)12-5-11(6-12)16-14(20)15-7-10-3-4-21-9-10/h3-4,9,11-12H,2,5-8H2,1H3,(H,18,19)(H2,15,16,20). The Morgan fingerprint density at radius 3 is 2.81 bits per heavy atom. The molecule has 1 aliphatic rings. The van der Waals surface area contributed by atoms with Gasteiger partial charge in [-0.3, -0.25) is 9.69 Å². The van der Waals surface area contributed by atoms with E-state index in [1.807, 2.05) is 11.8 Å². The number of carbonyl (C=O) groups excluding carboxylic acids is 1. The normalized spacial score (nSPS) is 20.9. The second-order valence-electron chi connectivity index (χ2n) is 5.24. The van der Waals surface area contributed by atoms with E-state index < -0.39 is 5.97 Å². The number of nitrogens with zero attached hydrogens (tertiary/aromatic N) is 1. The van der Waals surface area contributed by atoms with Gasteiger partial charge in [0, 0.05) is 24.2 Å². The molecule has 0 unspecified atom stereocenters. The van der Waals surface area contributed by atoms with E-state index in [4.69, 9.17) is 9.52 Å². The molecule has 0 aromatic carbocycles. The molecule has 0 aliphatic heterocycles. The third-order valence-corrected chi connectivity index (χ3v) is 3.74. The lowest BCUT2D eigenvalue weighted by Gasteiger charge is -2.42. The highest BCUT2D eigenvalue weighted by Crippen LogP contribution is 2.25. The van der Waals surface area contributed by atoms with Crippen LogP contribution in [0.25, 0.3) is 0 Å². The molecule has 0 saturated heterocycles. The maximum Gasteiger partial charge on any atom is 0.317 e. The van der Waals surface area contributed by atoms with Crippen molar-refractivity contribution in [3.05, 3.63) is 24.2 Å². The lowest BCUT2D eigenvalue weighted by Crippen LogP contribution is -2.56. The first-order chi connectivity index (χ1) is 10.1. The van der Waals surface area contributed by atoms with Crippen molar-refractivity contribution in [2.24, 2.45) is 0 Å². The van der Waals surface area contributed by atoms with Crippen LogP contribution >= 0.6 is 0 Å². The average molecular weight is 295 g/mol. The Kier molecular flexibility index (Phi) is 5.21. The predicted molar refractivity (Wildman–Crippen MR) is 75.8 cm³/mol. The number of aliphatic carboxylic acids is 1. The number of furan rings is 1. The topological polar surface area (TPSA) is 94.8 Å². The molecule has 2 amide bonds. The molecule has 0 atom stereocenters. The third kappa shape index (κ3) is 4.49. The van der Waals surface area contributed by atoms with Gasteiger partial charge in [0.1, 0.15) is 0 Å². The fraction of sp³-hybridized carbons (Fsp3) is 0.571. The zero-order valence-corrected chi connectivity index (χ0v) is 12.0. The summed E-state index contributed by atoms with van der Waals surface area (Å²) in [4.78, 5) is 24.4. The summed E-state index contributed by atoms with van der Waals surface area (Å²) in [6.45, 7) is 3.14. The van der Waals surface area contributed by atoms with E-state index in [0.717, 1.165) is 18.4 Å². The molecule has 3 N–H and O–H groups in total. The molecule has 2 rings (SSSR count). The molecule has 1 fully saturated rings. The van der Waals surface area contributed by atoms with Gasteiger partial charge in [0.2, 0.25) is 0 Å². The molecule has 1 heterocycles. The highest BCUT2D eigenvalue weighted by molar-refractivity contribution is 5.74. The van der Waals surface area contributed by atoms with Gasteiger partial charge in [-0.25, -0.2) is 4.79 Å². The number of rotatable bonds is 7. The molecule has 1 aromatic heterocycles. The minimum atomic E-state index is -0.814. The van der Waals surface area contributed by atoms with Crippen molar-refractivity contribution in [1.82, 2.24) is 15.5 Å². The van der Waals surface area contributed by atoms with Crippen molar-refractivity contribution in [3.8, 4) is 0 Å². The molecule has 7 nitrogen and oxygen atoms in total. The van der Waals surface area contributed by atoms with E-state index >= 15 is 0 Å². The van der Waals surface area contributed by atoms with Gasteiger partial charge in [0.05, 0.1) is 19.1 Å². The van der Waals surface area contributed by atoms with Gasteiger partial charge >= 0.3 is 12.0 Å². The summed E-state index contributed by atoms with van der Waals surface area (Å²) in [5, 5.41) is 14.5. The lowest BCUT2D eigenvalue weighted by atomic mass is 9.85. The summed E-state index contributed by atoms with van der Waals surface area (Å²) in [6.07, 6.45) is 4.73. The van der Waals surface area contributed by atoms with Crippen LogP contribution in [-0.4, -0.2) is 47.2 Å². The Morgan fingerprint density at radius 1 is 1.48 bits per heavy atom. The molecule has 21 heavy (non-hydrogen) atoms. The first kappa shape index (κ1) is 15.4. The van der Waals surface area contributed by atoms with Crippen LogP contribution in [0.4, 0.5) is 4.79 Å². The fourth-order valence-electron chi connectivity index (χ4n) is 2.49.